The summed E-state index contributed by atoms with van der Waals surface area (Å²) in [6, 6.07) is 0. The number of nitrogens with zero attached hydrogens (tertiary/aromatic N) is 1. The lowest BCUT2D eigenvalue weighted by Crippen LogP contribution is -2.40. The Labute approximate surface area is 529 Å². The summed E-state index contributed by atoms with van der Waals surface area (Å²) in [5.74, 6) is -1.97. The molecular formula is C76H148NO8+. The van der Waals surface area contributed by atoms with Gasteiger partial charge < -0.3 is 28.5 Å². The third kappa shape index (κ3) is 69.4. The molecule has 0 spiro atoms. The van der Waals surface area contributed by atoms with Crippen LogP contribution in [-0.4, -0.2) is 87.4 Å². The maximum absolute atomic E-state index is 13.0. The zero-order chi connectivity index (χ0) is 61.9. The van der Waals surface area contributed by atoms with Gasteiger partial charge in [-0.05, 0) is 38.5 Å². The van der Waals surface area contributed by atoms with E-state index in [1.165, 1.54) is 334 Å². The minimum atomic E-state index is -1.51. The van der Waals surface area contributed by atoms with Crippen molar-refractivity contribution in [2.75, 3.05) is 47.5 Å². The quantitative estimate of drug-likeness (QED) is 0.0211. The number of carbonyl (C=O) groups is 3. The van der Waals surface area contributed by atoms with Gasteiger partial charge >= 0.3 is 17.9 Å². The normalized spacial score (nSPS) is 12.6. The number of carbonyl (C=O) groups excluding carboxylic acids is 2. The van der Waals surface area contributed by atoms with Gasteiger partial charge in [-0.2, -0.15) is 0 Å². The van der Waals surface area contributed by atoms with Crippen LogP contribution >= 0.6 is 0 Å². The van der Waals surface area contributed by atoms with E-state index in [1.54, 1.807) is 0 Å². The number of rotatable bonds is 72. The molecule has 0 fully saturated rings. The molecule has 0 heterocycles. The molecule has 0 radical (unpaired) electrons. The highest BCUT2D eigenvalue weighted by Gasteiger charge is 2.25. The van der Waals surface area contributed by atoms with Crippen molar-refractivity contribution in [1.29, 1.82) is 0 Å². The van der Waals surface area contributed by atoms with Crippen LogP contribution in [0, 0.1) is 0 Å². The monoisotopic (exact) mass is 1200 g/mol. The summed E-state index contributed by atoms with van der Waals surface area (Å²) in [4.78, 5) is 37.7. The van der Waals surface area contributed by atoms with Gasteiger partial charge in [-0.15, -0.1) is 0 Å². The number of unbranched alkanes of at least 4 members (excludes halogenated alkanes) is 55. The molecule has 0 aromatic rings. The molecule has 0 aromatic carbocycles. The van der Waals surface area contributed by atoms with Crippen LogP contribution in [0.2, 0.25) is 0 Å². The highest BCUT2D eigenvalue weighted by Crippen LogP contribution is 2.20. The Bertz CT molecular complexity index is 1400. The molecule has 9 heteroatoms. The second-order valence-electron chi connectivity index (χ2n) is 27.3. The van der Waals surface area contributed by atoms with Crippen molar-refractivity contribution < 1.29 is 42.9 Å². The Hall–Kier alpha value is -1.97. The molecule has 0 aliphatic carbocycles. The van der Waals surface area contributed by atoms with E-state index < -0.39 is 18.4 Å². The lowest BCUT2D eigenvalue weighted by Gasteiger charge is -2.25. The van der Waals surface area contributed by atoms with E-state index in [-0.39, 0.29) is 38.2 Å². The third-order valence-corrected chi connectivity index (χ3v) is 17.5. The Kier molecular flexibility index (Phi) is 66.4. The standard InChI is InChI=1S/C76H147NO8/c1-6-8-10-12-14-16-18-20-22-24-26-28-30-32-34-36-37-39-41-43-45-47-49-51-53-55-57-59-61-63-65-67-74(79)85-72(71-84-76(75(80)81)82-69-68-77(3,4)5)70-83-73(78)66-64-62-60-58-56-54-52-50-48-46-44-42-40-38-35-33-31-29-27-25-23-21-19-17-15-13-11-9-7-2/h24,26,72,76H,6-23,25,27-71H2,1-5H3/p+1/b26-24-. The zero-order valence-corrected chi connectivity index (χ0v) is 57.8. The number of hydrogen-bond donors (Lipinski definition) is 1. The molecular weight excluding hydrogens is 1050 g/mol. The van der Waals surface area contributed by atoms with Crippen LogP contribution in [0.1, 0.15) is 399 Å². The van der Waals surface area contributed by atoms with Crippen LogP contribution in [0.3, 0.4) is 0 Å². The first-order chi connectivity index (χ1) is 41.6. The molecule has 0 saturated heterocycles. The molecule has 504 valence electrons. The minimum Gasteiger partial charge on any atom is -0.477 e. The third-order valence-electron chi connectivity index (χ3n) is 17.5. The van der Waals surface area contributed by atoms with Crippen LogP contribution < -0.4 is 0 Å². The van der Waals surface area contributed by atoms with E-state index in [0.717, 1.165) is 38.5 Å². The fourth-order valence-electron chi connectivity index (χ4n) is 11.7. The number of quaternary nitrogens is 1. The first-order valence-corrected chi connectivity index (χ1v) is 37.9. The summed E-state index contributed by atoms with van der Waals surface area (Å²) in [6.07, 6.45) is 80.7. The summed E-state index contributed by atoms with van der Waals surface area (Å²) >= 11 is 0. The molecule has 85 heavy (non-hydrogen) atoms. The van der Waals surface area contributed by atoms with Crippen LogP contribution in [0.15, 0.2) is 12.2 Å². The van der Waals surface area contributed by atoms with Crippen LogP contribution in [-0.2, 0) is 33.3 Å². The molecule has 2 atom stereocenters. The Morgan fingerprint density at radius 1 is 0.341 bits per heavy atom. The number of aliphatic carboxylic acids is 1. The molecule has 1 N–H and O–H groups in total. The first-order valence-electron chi connectivity index (χ1n) is 37.9. The zero-order valence-electron chi connectivity index (χ0n) is 57.8. The van der Waals surface area contributed by atoms with Crippen LogP contribution in [0.5, 0.6) is 0 Å². The highest BCUT2D eigenvalue weighted by atomic mass is 16.7. The largest absolute Gasteiger partial charge is 0.477 e. The van der Waals surface area contributed by atoms with Gasteiger partial charge in [0.1, 0.15) is 13.2 Å². The van der Waals surface area contributed by atoms with E-state index in [2.05, 4.69) is 26.0 Å². The SMILES string of the molecule is CCCCCCCCCC/C=C\CCCCCCCCCCCCCCCCCCCCCC(=O)OC(COC(=O)CCCCCCCCCCCCCCCCCCCCCCCCCCCCCCC)COC(OCC[N+](C)(C)C)C(=O)O. The molecule has 0 bridgehead atoms. The average molecular weight is 1200 g/mol. The second-order valence-corrected chi connectivity index (χ2v) is 27.3. The fraction of sp³-hybridized carbons (Fsp3) is 0.934. The summed E-state index contributed by atoms with van der Waals surface area (Å²) in [5, 5.41) is 9.76. The van der Waals surface area contributed by atoms with Crippen LogP contribution in [0.4, 0.5) is 0 Å². The molecule has 0 aliphatic rings. The molecule has 0 saturated carbocycles. The van der Waals surface area contributed by atoms with Gasteiger partial charge in [-0.1, -0.05) is 360 Å². The Morgan fingerprint density at radius 3 is 0.871 bits per heavy atom. The van der Waals surface area contributed by atoms with E-state index in [9.17, 15) is 19.5 Å². The predicted molar refractivity (Wildman–Crippen MR) is 365 cm³/mol. The van der Waals surface area contributed by atoms with Crippen molar-refractivity contribution >= 4 is 17.9 Å². The van der Waals surface area contributed by atoms with Gasteiger partial charge in [0.25, 0.3) is 6.29 Å². The summed E-state index contributed by atoms with van der Waals surface area (Å²) in [5.41, 5.74) is 0. The van der Waals surface area contributed by atoms with Gasteiger partial charge in [-0.3, -0.25) is 9.59 Å². The topological polar surface area (TPSA) is 108 Å². The lowest BCUT2D eigenvalue weighted by atomic mass is 10.0. The number of hydrogen-bond acceptors (Lipinski definition) is 7. The van der Waals surface area contributed by atoms with Gasteiger partial charge in [0.15, 0.2) is 6.10 Å². The van der Waals surface area contributed by atoms with Gasteiger partial charge in [-0.25, -0.2) is 4.79 Å². The number of carboxylic acids is 1. The van der Waals surface area contributed by atoms with Gasteiger partial charge in [0.05, 0.1) is 34.4 Å². The minimum absolute atomic E-state index is 0.173. The van der Waals surface area contributed by atoms with Crippen molar-refractivity contribution in [3.63, 3.8) is 0 Å². The van der Waals surface area contributed by atoms with Crippen molar-refractivity contribution in [3.05, 3.63) is 12.2 Å². The Balaban J connectivity index is 4.00. The maximum atomic E-state index is 13.0. The number of likely N-dealkylation sites (N-methyl/N-ethyl adjacent to an activating group) is 1. The van der Waals surface area contributed by atoms with E-state index >= 15 is 0 Å². The van der Waals surface area contributed by atoms with E-state index in [1.807, 2.05) is 21.1 Å². The number of esters is 2. The second kappa shape index (κ2) is 68.0. The van der Waals surface area contributed by atoms with Crippen molar-refractivity contribution in [1.82, 2.24) is 0 Å². The summed E-state index contributed by atoms with van der Waals surface area (Å²) < 4.78 is 23.0. The van der Waals surface area contributed by atoms with Gasteiger partial charge in [0, 0.05) is 12.8 Å². The molecule has 0 rings (SSSR count). The molecule has 0 aromatic heterocycles. The average Bonchev–Trinajstić information content (AvgIpc) is 3.49. The number of ether oxygens (including phenoxy) is 4. The predicted octanol–water partition coefficient (Wildman–Crippen LogP) is 23.6. The molecule has 0 amide bonds. The van der Waals surface area contributed by atoms with Crippen LogP contribution in [0.25, 0.3) is 0 Å². The number of carboxylic acid groups (broad SMARTS) is 1. The lowest BCUT2D eigenvalue weighted by molar-refractivity contribution is -0.870. The Morgan fingerprint density at radius 2 is 0.600 bits per heavy atom. The summed E-state index contributed by atoms with van der Waals surface area (Å²) in [6.45, 7) is 4.97. The highest BCUT2D eigenvalue weighted by molar-refractivity contribution is 5.71. The van der Waals surface area contributed by atoms with Crippen molar-refractivity contribution in [2.45, 2.75) is 411 Å². The smallest absolute Gasteiger partial charge is 0.361 e. The molecule has 9 nitrogen and oxygen atoms in total. The van der Waals surface area contributed by atoms with Gasteiger partial charge in [0.2, 0.25) is 0 Å². The molecule has 2 unspecified atom stereocenters. The van der Waals surface area contributed by atoms with Crippen molar-refractivity contribution in [3.8, 4) is 0 Å². The molecule has 0 aliphatic heterocycles. The first kappa shape index (κ1) is 83.0. The fourth-order valence-corrected chi connectivity index (χ4v) is 11.7. The number of allylic oxidation sites excluding steroid dienone is 2. The van der Waals surface area contributed by atoms with E-state index in [4.69, 9.17) is 18.9 Å². The van der Waals surface area contributed by atoms with Crippen molar-refractivity contribution in [2.24, 2.45) is 0 Å². The maximum Gasteiger partial charge on any atom is 0.361 e. The summed E-state index contributed by atoms with van der Waals surface area (Å²) in [7, 11) is 6.00. The van der Waals surface area contributed by atoms with E-state index in [0.29, 0.717) is 17.4 Å².